The van der Waals surface area contributed by atoms with Gasteiger partial charge in [-0.3, -0.25) is 24.6 Å². The lowest BCUT2D eigenvalue weighted by atomic mass is 10.1. The molecule has 11 heteroatoms. The smallest absolute Gasteiger partial charge is 0.293 e. The third kappa shape index (κ3) is 6.04. The first-order chi connectivity index (χ1) is 18.3. The van der Waals surface area contributed by atoms with E-state index in [-0.39, 0.29) is 23.7 Å². The summed E-state index contributed by atoms with van der Waals surface area (Å²) in [6, 6.07) is 18.5. The lowest BCUT2D eigenvalue weighted by Gasteiger charge is -2.15. The zero-order valence-corrected chi connectivity index (χ0v) is 22.5. The monoisotopic (exact) mass is 593 g/mol. The second-order valence-electron chi connectivity index (χ2n) is 8.01. The Kier molecular flexibility index (Phi) is 8.45. The second kappa shape index (κ2) is 11.9. The molecule has 9 nitrogen and oxygen atoms in total. The Morgan fingerprint density at radius 2 is 1.87 bits per heavy atom. The van der Waals surface area contributed by atoms with Crippen LogP contribution in [0.5, 0.6) is 11.5 Å². The van der Waals surface area contributed by atoms with Crippen LogP contribution in [0.3, 0.4) is 0 Å². The first-order valence-electron chi connectivity index (χ1n) is 11.4. The molecule has 1 heterocycles. The van der Waals surface area contributed by atoms with Crippen LogP contribution in [-0.2, 0) is 17.9 Å². The summed E-state index contributed by atoms with van der Waals surface area (Å²) >= 11 is 4.30. The molecule has 0 radical (unpaired) electrons. The molecule has 0 bridgehead atoms. The first-order valence-corrected chi connectivity index (χ1v) is 13.0. The van der Waals surface area contributed by atoms with Gasteiger partial charge in [0.2, 0.25) is 0 Å². The molecule has 38 heavy (non-hydrogen) atoms. The van der Waals surface area contributed by atoms with Crippen molar-refractivity contribution in [1.82, 2.24) is 4.90 Å². The number of halogens is 1. The van der Waals surface area contributed by atoms with E-state index in [9.17, 15) is 25.0 Å². The van der Waals surface area contributed by atoms with Crippen LogP contribution in [-0.4, -0.2) is 27.6 Å². The highest BCUT2D eigenvalue weighted by atomic mass is 79.9. The molecule has 1 saturated heterocycles. The van der Waals surface area contributed by atoms with Crippen molar-refractivity contribution < 1.29 is 24.0 Å². The summed E-state index contributed by atoms with van der Waals surface area (Å²) in [5.41, 5.74) is 2.20. The van der Waals surface area contributed by atoms with E-state index in [1.807, 2.05) is 19.1 Å². The van der Waals surface area contributed by atoms with Crippen molar-refractivity contribution in [3.63, 3.8) is 0 Å². The molecule has 0 saturated carbocycles. The molecule has 4 rings (SSSR count). The summed E-state index contributed by atoms with van der Waals surface area (Å²) in [6.45, 7) is 2.28. The Hall–Kier alpha value is -4.14. The van der Waals surface area contributed by atoms with Crippen molar-refractivity contribution in [2.24, 2.45) is 0 Å². The number of thioether (sulfide) groups is 1. The van der Waals surface area contributed by atoms with Crippen molar-refractivity contribution in [1.29, 1.82) is 5.26 Å². The Balaban J connectivity index is 1.56. The number of hydrogen-bond donors (Lipinski definition) is 0. The maximum atomic E-state index is 13.0. The number of amides is 2. The van der Waals surface area contributed by atoms with E-state index in [4.69, 9.17) is 9.47 Å². The number of hydrogen-bond acceptors (Lipinski definition) is 8. The van der Waals surface area contributed by atoms with Crippen molar-refractivity contribution >= 4 is 50.6 Å². The van der Waals surface area contributed by atoms with Crippen molar-refractivity contribution in [2.75, 3.05) is 6.61 Å². The number of ether oxygens (including phenoxy) is 2. The Morgan fingerprint density at radius 3 is 2.61 bits per heavy atom. The minimum absolute atomic E-state index is 0.0774. The average molecular weight is 594 g/mol. The topological polar surface area (TPSA) is 123 Å². The highest BCUT2D eigenvalue weighted by molar-refractivity contribution is 9.10. The average Bonchev–Trinajstić information content (AvgIpc) is 3.17. The van der Waals surface area contributed by atoms with E-state index >= 15 is 0 Å². The fourth-order valence-electron chi connectivity index (χ4n) is 3.68. The number of nitriles is 1. The van der Waals surface area contributed by atoms with Gasteiger partial charge in [-0.15, -0.1) is 0 Å². The molecule has 3 aromatic carbocycles. The summed E-state index contributed by atoms with van der Waals surface area (Å²) in [7, 11) is 0. The number of carbonyl (C=O) groups is 2. The molecule has 1 aliphatic heterocycles. The summed E-state index contributed by atoms with van der Waals surface area (Å²) < 4.78 is 12.3. The lowest BCUT2D eigenvalue weighted by Crippen LogP contribution is -2.27. The molecule has 0 N–H and O–H groups in total. The van der Waals surface area contributed by atoms with Gasteiger partial charge in [0, 0.05) is 22.2 Å². The van der Waals surface area contributed by atoms with E-state index in [0.29, 0.717) is 39.3 Å². The first kappa shape index (κ1) is 26.9. The highest BCUT2D eigenvalue weighted by Gasteiger charge is 2.35. The normalized spacial score (nSPS) is 14.0. The number of nitrogens with zero attached hydrogens (tertiary/aromatic N) is 3. The maximum Gasteiger partial charge on any atom is 0.293 e. The Morgan fingerprint density at radius 1 is 1.11 bits per heavy atom. The molecule has 1 fully saturated rings. The minimum Gasteiger partial charge on any atom is -0.490 e. The van der Waals surface area contributed by atoms with Crippen LogP contribution in [0.25, 0.3) is 6.08 Å². The molecular weight excluding hydrogens is 574 g/mol. The van der Waals surface area contributed by atoms with Crippen LogP contribution < -0.4 is 9.47 Å². The van der Waals surface area contributed by atoms with E-state index in [0.717, 1.165) is 22.2 Å². The van der Waals surface area contributed by atoms with Crippen LogP contribution in [0.1, 0.15) is 29.2 Å². The van der Waals surface area contributed by atoms with Gasteiger partial charge < -0.3 is 9.47 Å². The molecule has 0 atom stereocenters. The van der Waals surface area contributed by atoms with Gasteiger partial charge in [0.25, 0.3) is 16.8 Å². The minimum atomic E-state index is -0.527. The van der Waals surface area contributed by atoms with Gasteiger partial charge in [-0.25, -0.2) is 0 Å². The van der Waals surface area contributed by atoms with Gasteiger partial charge in [0.1, 0.15) is 6.61 Å². The molecule has 192 valence electrons. The van der Waals surface area contributed by atoms with Gasteiger partial charge in [-0.1, -0.05) is 46.3 Å². The molecule has 0 aromatic heterocycles. The van der Waals surface area contributed by atoms with Crippen molar-refractivity contribution in [2.45, 2.75) is 20.1 Å². The number of nitro groups is 1. The predicted molar refractivity (Wildman–Crippen MR) is 145 cm³/mol. The van der Waals surface area contributed by atoms with Crippen LogP contribution >= 0.6 is 27.7 Å². The van der Waals surface area contributed by atoms with E-state index in [1.165, 1.54) is 18.2 Å². The molecule has 2 amide bonds. The largest absolute Gasteiger partial charge is 0.490 e. The third-order valence-corrected chi connectivity index (χ3v) is 7.10. The molecular formula is C27H20BrN3O6S. The number of carbonyl (C=O) groups excluding carboxylic acids is 2. The molecule has 0 aliphatic carbocycles. The number of imide groups is 1. The van der Waals surface area contributed by atoms with E-state index in [1.54, 1.807) is 36.4 Å². The highest BCUT2D eigenvalue weighted by Crippen LogP contribution is 2.39. The summed E-state index contributed by atoms with van der Waals surface area (Å²) in [5.74, 6) is 0.388. The summed E-state index contributed by atoms with van der Waals surface area (Å²) in [6.07, 6.45) is 1.58. The van der Waals surface area contributed by atoms with E-state index < -0.39 is 16.1 Å². The molecule has 0 unspecified atom stereocenters. The van der Waals surface area contributed by atoms with Crippen molar-refractivity contribution in [3.05, 3.63) is 102 Å². The van der Waals surface area contributed by atoms with Gasteiger partial charge in [0.15, 0.2) is 11.5 Å². The number of benzene rings is 3. The molecule has 0 spiro atoms. The number of non-ortho nitro benzene ring substituents is 1. The van der Waals surface area contributed by atoms with Crippen LogP contribution in [0.4, 0.5) is 10.5 Å². The van der Waals surface area contributed by atoms with Crippen molar-refractivity contribution in [3.8, 4) is 17.6 Å². The molecule has 1 aliphatic rings. The lowest BCUT2D eigenvalue weighted by molar-refractivity contribution is -0.384. The zero-order valence-electron chi connectivity index (χ0n) is 20.0. The quantitative estimate of drug-likeness (QED) is 0.158. The number of rotatable bonds is 9. The van der Waals surface area contributed by atoms with Crippen LogP contribution in [0.2, 0.25) is 0 Å². The van der Waals surface area contributed by atoms with Crippen LogP contribution in [0.15, 0.2) is 70.0 Å². The number of nitro benzene ring substituents is 1. The molecule has 3 aromatic rings. The third-order valence-electron chi connectivity index (χ3n) is 5.51. The fourth-order valence-corrected chi connectivity index (χ4v) is 4.95. The predicted octanol–water partition coefficient (Wildman–Crippen LogP) is 6.44. The second-order valence-corrected chi connectivity index (χ2v) is 9.85. The SMILES string of the molecule is CCOc1cc(/C=C2/SC(=O)N(Cc3cccc([N+](=O)[O-])c3)C2=O)c(Br)cc1OCc1ccccc1C#N. The Labute approximate surface area is 230 Å². The Bertz CT molecular complexity index is 1500. The zero-order chi connectivity index (χ0) is 27.2. The van der Waals surface area contributed by atoms with Gasteiger partial charge in [-0.2, -0.15) is 5.26 Å². The summed E-state index contributed by atoms with van der Waals surface area (Å²) in [5, 5.41) is 19.9. The van der Waals surface area contributed by atoms with Gasteiger partial charge in [-0.05, 0) is 54.1 Å². The van der Waals surface area contributed by atoms with Gasteiger partial charge in [0.05, 0.1) is 34.6 Å². The fraction of sp³-hybridized carbons (Fsp3) is 0.148. The maximum absolute atomic E-state index is 13.0. The standard InChI is InChI=1S/C27H20BrN3O6S/c1-2-36-23-11-20(22(28)13-24(23)37-16-19-8-4-3-7-18(19)14-29)12-25-26(32)30(27(33)38-25)15-17-6-5-9-21(10-17)31(34)35/h3-13H,2,15-16H2,1H3/b25-12+. The summed E-state index contributed by atoms with van der Waals surface area (Å²) in [4.78, 5) is 37.4. The van der Waals surface area contributed by atoms with Gasteiger partial charge >= 0.3 is 0 Å². The van der Waals surface area contributed by atoms with Crippen LogP contribution in [0, 0.1) is 21.4 Å². The van der Waals surface area contributed by atoms with E-state index in [2.05, 4.69) is 22.0 Å².